The number of hydrogen-bond acceptors (Lipinski definition) is 5. The summed E-state index contributed by atoms with van der Waals surface area (Å²) in [5, 5.41) is 14.5. The minimum absolute atomic E-state index is 0.410. The number of aromatic nitrogens is 1. The lowest BCUT2D eigenvalue weighted by Gasteiger charge is -2.30. The monoisotopic (exact) mass is 447 g/mol. The topological polar surface area (TPSA) is 68.4 Å². The second-order valence-electron chi connectivity index (χ2n) is 8.22. The molecule has 1 aliphatic rings. The van der Waals surface area contributed by atoms with E-state index >= 15 is 0 Å². The van der Waals surface area contributed by atoms with Crippen LogP contribution in [0.4, 0.5) is 5.69 Å². The maximum Gasteiger partial charge on any atom is 0.121 e. The number of anilines is 1. The smallest absolute Gasteiger partial charge is 0.121 e. The van der Waals surface area contributed by atoms with E-state index in [9.17, 15) is 5.26 Å². The molecule has 0 aliphatic heterocycles. The Hall–Kier alpha value is -3.01. The molecular formula is C27H33N3O3. The molecule has 0 bridgehead atoms. The van der Waals surface area contributed by atoms with Crippen molar-refractivity contribution in [3.63, 3.8) is 0 Å². The number of rotatable bonds is 12. The molecule has 1 aliphatic carbocycles. The van der Waals surface area contributed by atoms with Gasteiger partial charge in [0, 0.05) is 42.9 Å². The predicted octanol–water partition coefficient (Wildman–Crippen LogP) is 5.77. The second-order valence-corrected chi connectivity index (χ2v) is 8.22. The molecule has 1 aromatic heterocycles. The summed E-state index contributed by atoms with van der Waals surface area (Å²) in [5.41, 5.74) is 4.91. The van der Waals surface area contributed by atoms with Crippen molar-refractivity contribution >= 4 is 16.6 Å². The van der Waals surface area contributed by atoms with Crippen molar-refractivity contribution in [1.29, 1.82) is 5.26 Å². The number of nitriles is 1. The number of nitrogens with zero attached hydrogens (tertiary/aromatic N) is 2. The summed E-state index contributed by atoms with van der Waals surface area (Å²) in [4.78, 5) is 0. The van der Waals surface area contributed by atoms with Crippen LogP contribution in [0.1, 0.15) is 44.7 Å². The molecule has 0 spiro atoms. The zero-order valence-electron chi connectivity index (χ0n) is 19.6. The van der Waals surface area contributed by atoms with Crippen LogP contribution in [0.3, 0.4) is 0 Å². The number of ether oxygens (including phenoxy) is 3. The normalized spacial score (nSPS) is 13.6. The average Bonchev–Trinajstić information content (AvgIpc) is 3.12. The Balaban J connectivity index is 1.67. The van der Waals surface area contributed by atoms with E-state index in [0.717, 1.165) is 65.2 Å². The summed E-state index contributed by atoms with van der Waals surface area (Å²) in [5.74, 6) is 0.810. The maximum atomic E-state index is 10.1. The zero-order valence-corrected chi connectivity index (χ0v) is 19.6. The van der Waals surface area contributed by atoms with E-state index in [1.165, 1.54) is 6.42 Å². The van der Waals surface area contributed by atoms with Crippen LogP contribution >= 0.6 is 0 Å². The Morgan fingerprint density at radius 2 is 1.76 bits per heavy atom. The standard InChI is InChI=1S/C27H33N3O3/c1-3-31-15-14-29-21-10-8-20(9-11-21)27-25(19-28)24-13-12-23(33-17-16-32-4-2)18-26(24)30(27)22-6-5-7-22/h8-13,18,22,29H,3-7,14-17H2,1-2H3. The molecule has 0 saturated heterocycles. The van der Waals surface area contributed by atoms with Gasteiger partial charge in [-0.15, -0.1) is 0 Å². The third-order valence-electron chi connectivity index (χ3n) is 6.17. The van der Waals surface area contributed by atoms with Gasteiger partial charge in [-0.25, -0.2) is 0 Å². The molecule has 1 N–H and O–H groups in total. The van der Waals surface area contributed by atoms with E-state index in [1.54, 1.807) is 0 Å². The summed E-state index contributed by atoms with van der Waals surface area (Å²) < 4.78 is 19.1. The Morgan fingerprint density at radius 3 is 2.42 bits per heavy atom. The van der Waals surface area contributed by atoms with E-state index in [4.69, 9.17) is 14.2 Å². The van der Waals surface area contributed by atoms with Crippen molar-refractivity contribution in [1.82, 2.24) is 4.57 Å². The largest absolute Gasteiger partial charge is 0.491 e. The molecular weight excluding hydrogens is 414 g/mol. The summed E-state index contributed by atoms with van der Waals surface area (Å²) in [6.07, 6.45) is 3.49. The van der Waals surface area contributed by atoms with E-state index in [2.05, 4.69) is 46.3 Å². The van der Waals surface area contributed by atoms with Crippen LogP contribution in [-0.2, 0) is 9.47 Å². The van der Waals surface area contributed by atoms with Crippen molar-refractivity contribution in [3.8, 4) is 23.1 Å². The third kappa shape index (κ3) is 5.16. The first kappa shape index (κ1) is 23.2. The fourth-order valence-electron chi connectivity index (χ4n) is 4.32. The molecule has 3 aromatic rings. The van der Waals surface area contributed by atoms with Crippen molar-refractivity contribution in [2.45, 2.75) is 39.2 Å². The van der Waals surface area contributed by atoms with Crippen molar-refractivity contribution in [2.75, 3.05) is 44.9 Å². The molecule has 6 heteroatoms. The summed E-state index contributed by atoms with van der Waals surface area (Å²) in [7, 11) is 0. The molecule has 174 valence electrons. The number of nitrogens with one attached hydrogen (secondary N) is 1. The molecule has 33 heavy (non-hydrogen) atoms. The predicted molar refractivity (Wildman–Crippen MR) is 132 cm³/mol. The molecule has 0 radical (unpaired) electrons. The van der Waals surface area contributed by atoms with Gasteiger partial charge in [0.05, 0.1) is 30.0 Å². The van der Waals surface area contributed by atoms with Crippen LogP contribution in [0.2, 0.25) is 0 Å². The van der Waals surface area contributed by atoms with E-state index in [1.807, 2.05) is 26.0 Å². The van der Waals surface area contributed by atoms with Crippen molar-refractivity contribution in [3.05, 3.63) is 48.0 Å². The lowest BCUT2D eigenvalue weighted by atomic mass is 9.92. The number of benzene rings is 2. The van der Waals surface area contributed by atoms with Crippen LogP contribution in [0, 0.1) is 11.3 Å². The van der Waals surface area contributed by atoms with Crippen LogP contribution < -0.4 is 10.1 Å². The Labute approximate surface area is 196 Å². The van der Waals surface area contributed by atoms with Gasteiger partial charge in [0.2, 0.25) is 0 Å². The summed E-state index contributed by atoms with van der Waals surface area (Å²) in [6, 6.07) is 17.3. The first-order valence-corrected chi connectivity index (χ1v) is 12.0. The molecule has 2 aromatic carbocycles. The molecule has 0 amide bonds. The van der Waals surface area contributed by atoms with Gasteiger partial charge >= 0.3 is 0 Å². The van der Waals surface area contributed by atoms with E-state index in [0.29, 0.717) is 32.5 Å². The van der Waals surface area contributed by atoms with Gasteiger partial charge in [0.15, 0.2) is 0 Å². The summed E-state index contributed by atoms with van der Waals surface area (Å²) >= 11 is 0. The first-order chi connectivity index (χ1) is 16.3. The minimum Gasteiger partial charge on any atom is -0.491 e. The highest BCUT2D eigenvalue weighted by molar-refractivity contribution is 5.95. The minimum atomic E-state index is 0.410. The van der Waals surface area contributed by atoms with Gasteiger partial charge in [-0.3, -0.25) is 0 Å². The third-order valence-corrected chi connectivity index (χ3v) is 6.17. The Bertz CT molecular complexity index is 1090. The lowest BCUT2D eigenvalue weighted by molar-refractivity contribution is 0.110. The molecule has 1 heterocycles. The molecule has 0 unspecified atom stereocenters. The van der Waals surface area contributed by atoms with Gasteiger partial charge < -0.3 is 24.1 Å². The maximum absolute atomic E-state index is 10.1. The number of hydrogen-bond donors (Lipinski definition) is 1. The first-order valence-electron chi connectivity index (χ1n) is 12.0. The second kappa shape index (κ2) is 11.2. The zero-order chi connectivity index (χ0) is 23.0. The van der Waals surface area contributed by atoms with Gasteiger partial charge in [-0.1, -0.05) is 12.1 Å². The van der Waals surface area contributed by atoms with Gasteiger partial charge in [-0.05, 0) is 62.9 Å². The van der Waals surface area contributed by atoms with E-state index in [-0.39, 0.29) is 0 Å². The fourth-order valence-corrected chi connectivity index (χ4v) is 4.32. The Morgan fingerprint density at radius 1 is 1.00 bits per heavy atom. The highest BCUT2D eigenvalue weighted by Crippen LogP contribution is 2.43. The molecule has 0 atom stereocenters. The number of fused-ring (bicyclic) bond motifs is 1. The highest BCUT2D eigenvalue weighted by Gasteiger charge is 2.28. The molecule has 1 fully saturated rings. The van der Waals surface area contributed by atoms with Crippen molar-refractivity contribution < 1.29 is 14.2 Å². The molecule has 1 saturated carbocycles. The fraction of sp³-hybridized carbons (Fsp3) is 0.444. The SMILES string of the molecule is CCOCCNc1ccc(-c2c(C#N)c3ccc(OCCOCC)cc3n2C2CCC2)cc1. The average molecular weight is 448 g/mol. The van der Waals surface area contributed by atoms with Crippen LogP contribution in [-0.4, -0.2) is 44.1 Å². The summed E-state index contributed by atoms with van der Waals surface area (Å²) in [6.45, 7) is 7.92. The van der Waals surface area contributed by atoms with Crippen LogP contribution in [0.25, 0.3) is 22.2 Å². The van der Waals surface area contributed by atoms with Gasteiger partial charge in [0.1, 0.15) is 18.4 Å². The van der Waals surface area contributed by atoms with E-state index < -0.39 is 0 Å². The van der Waals surface area contributed by atoms with Crippen molar-refractivity contribution in [2.24, 2.45) is 0 Å². The van der Waals surface area contributed by atoms with Gasteiger partial charge in [-0.2, -0.15) is 5.26 Å². The van der Waals surface area contributed by atoms with Crippen LogP contribution in [0.5, 0.6) is 5.75 Å². The lowest BCUT2D eigenvalue weighted by Crippen LogP contribution is -2.18. The highest BCUT2D eigenvalue weighted by atomic mass is 16.5. The van der Waals surface area contributed by atoms with Crippen LogP contribution in [0.15, 0.2) is 42.5 Å². The molecule has 4 rings (SSSR count). The Kier molecular flexibility index (Phi) is 7.87. The quantitative estimate of drug-likeness (QED) is 0.357. The van der Waals surface area contributed by atoms with Gasteiger partial charge in [0.25, 0.3) is 0 Å². The molecule has 6 nitrogen and oxygen atoms in total.